The zero-order valence-corrected chi connectivity index (χ0v) is 16.1. The number of benzene rings is 1. The monoisotopic (exact) mass is 385 g/mol. The molecule has 0 spiro atoms. The largest absolute Gasteiger partial charge is 0.339 e. The summed E-state index contributed by atoms with van der Waals surface area (Å²) in [5.41, 5.74) is 2.05. The first-order chi connectivity index (χ1) is 11.8. The molecule has 1 aliphatic heterocycles. The molecule has 0 saturated carbocycles. The van der Waals surface area contributed by atoms with Crippen molar-refractivity contribution in [1.29, 1.82) is 0 Å². The molecule has 2 rings (SSSR count). The summed E-state index contributed by atoms with van der Waals surface area (Å²) in [4.78, 5) is 13.8. The molecule has 8 heteroatoms. The molecule has 0 bridgehead atoms. The Labute approximate surface area is 154 Å². The molecule has 6 nitrogen and oxygen atoms in total. The van der Waals surface area contributed by atoms with Crippen molar-refractivity contribution in [3.63, 3.8) is 0 Å². The zero-order chi connectivity index (χ0) is 18.4. The summed E-state index contributed by atoms with van der Waals surface area (Å²) in [5.74, 6) is -0.0140. The van der Waals surface area contributed by atoms with Crippen LogP contribution in [0.25, 0.3) is 6.08 Å². The fourth-order valence-electron chi connectivity index (χ4n) is 2.55. The van der Waals surface area contributed by atoms with E-state index in [1.54, 1.807) is 4.90 Å². The highest BCUT2D eigenvalue weighted by Gasteiger charge is 2.25. The number of hydrogen-bond acceptors (Lipinski definition) is 4. The summed E-state index contributed by atoms with van der Waals surface area (Å²) < 4.78 is 24.3. The van der Waals surface area contributed by atoms with E-state index < -0.39 is 10.0 Å². The van der Waals surface area contributed by atoms with E-state index in [4.69, 9.17) is 11.6 Å². The number of aryl methyl sites for hydroxylation is 1. The summed E-state index contributed by atoms with van der Waals surface area (Å²) in [7, 11) is -3.17. The Hall–Kier alpha value is -1.41. The van der Waals surface area contributed by atoms with Gasteiger partial charge in [-0.15, -0.1) is 0 Å². The van der Waals surface area contributed by atoms with Crippen LogP contribution < -0.4 is 5.32 Å². The number of rotatable bonds is 6. The van der Waals surface area contributed by atoms with Crippen molar-refractivity contribution in [2.24, 2.45) is 0 Å². The molecule has 1 heterocycles. The third-order valence-electron chi connectivity index (χ3n) is 4.10. The number of nitrogens with one attached hydrogen (secondary N) is 1. The molecule has 0 radical (unpaired) electrons. The van der Waals surface area contributed by atoms with Gasteiger partial charge in [0.15, 0.2) is 0 Å². The van der Waals surface area contributed by atoms with E-state index in [2.05, 4.69) is 5.32 Å². The lowest BCUT2D eigenvalue weighted by Gasteiger charge is -2.33. The van der Waals surface area contributed by atoms with Gasteiger partial charge in [-0.1, -0.05) is 35.9 Å². The molecule has 1 saturated heterocycles. The van der Waals surface area contributed by atoms with Gasteiger partial charge >= 0.3 is 0 Å². The summed E-state index contributed by atoms with van der Waals surface area (Å²) in [6.07, 6.45) is 5.09. The number of sulfonamides is 1. The SMILES string of the molecule is Cc1ccc(/C=C/CNCC(=O)N2CCN(S(C)(=O)=O)CC2)cc1Cl. The third-order valence-corrected chi connectivity index (χ3v) is 5.82. The van der Waals surface area contributed by atoms with Gasteiger partial charge in [-0.25, -0.2) is 8.42 Å². The third kappa shape index (κ3) is 6.11. The van der Waals surface area contributed by atoms with Crippen molar-refractivity contribution in [3.05, 3.63) is 40.4 Å². The second-order valence-electron chi connectivity index (χ2n) is 6.08. The van der Waals surface area contributed by atoms with Gasteiger partial charge in [0.2, 0.25) is 15.9 Å². The van der Waals surface area contributed by atoms with Crippen LogP contribution in [0.4, 0.5) is 0 Å². The highest BCUT2D eigenvalue weighted by atomic mass is 35.5. The van der Waals surface area contributed by atoms with Crippen LogP contribution in [0.5, 0.6) is 0 Å². The van der Waals surface area contributed by atoms with E-state index in [9.17, 15) is 13.2 Å². The van der Waals surface area contributed by atoms with E-state index in [0.29, 0.717) is 32.7 Å². The Morgan fingerprint density at radius 1 is 1.28 bits per heavy atom. The minimum atomic E-state index is -3.17. The molecule has 1 amide bonds. The normalized spacial score (nSPS) is 16.5. The first-order valence-electron chi connectivity index (χ1n) is 8.13. The number of amides is 1. The maximum Gasteiger partial charge on any atom is 0.236 e. The molecule has 0 atom stereocenters. The quantitative estimate of drug-likeness (QED) is 0.750. The minimum absolute atomic E-state index is 0.0140. The first kappa shape index (κ1) is 19.9. The van der Waals surface area contributed by atoms with E-state index in [1.165, 1.54) is 10.6 Å². The Morgan fingerprint density at radius 2 is 1.96 bits per heavy atom. The predicted octanol–water partition coefficient (Wildman–Crippen LogP) is 1.36. The van der Waals surface area contributed by atoms with Crippen LogP contribution in [-0.4, -0.2) is 69.1 Å². The van der Waals surface area contributed by atoms with E-state index in [1.807, 2.05) is 37.3 Å². The Morgan fingerprint density at radius 3 is 2.56 bits per heavy atom. The van der Waals surface area contributed by atoms with Gasteiger partial charge in [0.1, 0.15) is 0 Å². The number of carbonyl (C=O) groups is 1. The van der Waals surface area contributed by atoms with Crippen LogP contribution in [0, 0.1) is 6.92 Å². The second-order valence-corrected chi connectivity index (χ2v) is 8.47. The molecule has 1 N–H and O–H groups in total. The van der Waals surface area contributed by atoms with E-state index in [-0.39, 0.29) is 12.5 Å². The fourth-order valence-corrected chi connectivity index (χ4v) is 3.57. The van der Waals surface area contributed by atoms with Crippen molar-refractivity contribution in [3.8, 4) is 0 Å². The smallest absolute Gasteiger partial charge is 0.236 e. The highest BCUT2D eigenvalue weighted by Crippen LogP contribution is 2.17. The standard InChI is InChI=1S/C17H24ClN3O3S/c1-14-5-6-15(12-16(14)18)4-3-7-19-13-17(22)20-8-10-21(11-9-20)25(2,23)24/h3-6,12,19H,7-11,13H2,1-2H3/b4-3+. The molecule has 138 valence electrons. The van der Waals surface area contributed by atoms with Crippen LogP contribution >= 0.6 is 11.6 Å². The number of halogens is 1. The average Bonchev–Trinajstić information content (AvgIpc) is 2.57. The van der Waals surface area contributed by atoms with Gasteiger partial charge in [-0.2, -0.15) is 4.31 Å². The van der Waals surface area contributed by atoms with E-state index in [0.717, 1.165) is 16.1 Å². The number of carbonyl (C=O) groups excluding carboxylic acids is 1. The average molecular weight is 386 g/mol. The van der Waals surface area contributed by atoms with Gasteiger partial charge in [0, 0.05) is 37.7 Å². The van der Waals surface area contributed by atoms with Crippen LogP contribution in [0.3, 0.4) is 0 Å². The maximum atomic E-state index is 12.1. The molecular formula is C17H24ClN3O3S. The van der Waals surface area contributed by atoms with Gasteiger partial charge in [-0.05, 0) is 24.1 Å². The summed E-state index contributed by atoms with van der Waals surface area (Å²) in [5, 5.41) is 3.81. The number of hydrogen-bond donors (Lipinski definition) is 1. The maximum absolute atomic E-state index is 12.1. The highest BCUT2D eigenvalue weighted by molar-refractivity contribution is 7.88. The molecule has 0 unspecified atom stereocenters. The van der Waals surface area contributed by atoms with Crippen molar-refractivity contribution in [2.75, 3.05) is 45.5 Å². The fraction of sp³-hybridized carbons (Fsp3) is 0.471. The lowest BCUT2D eigenvalue weighted by Crippen LogP contribution is -2.52. The molecular weight excluding hydrogens is 362 g/mol. The predicted molar refractivity (Wildman–Crippen MR) is 101 cm³/mol. The summed E-state index contributed by atoms with van der Waals surface area (Å²) in [6.45, 7) is 4.35. The van der Waals surface area contributed by atoms with Gasteiger partial charge in [0.25, 0.3) is 0 Å². The second kappa shape index (κ2) is 8.80. The van der Waals surface area contributed by atoms with Gasteiger partial charge in [-0.3, -0.25) is 4.79 Å². The molecule has 1 aromatic carbocycles. The first-order valence-corrected chi connectivity index (χ1v) is 10.4. The van der Waals surface area contributed by atoms with E-state index >= 15 is 0 Å². The Kier molecular flexibility index (Phi) is 7.01. The Balaban J connectivity index is 1.70. The topological polar surface area (TPSA) is 69.7 Å². The molecule has 0 aliphatic carbocycles. The molecule has 0 aromatic heterocycles. The van der Waals surface area contributed by atoms with Gasteiger partial charge < -0.3 is 10.2 Å². The summed E-state index contributed by atoms with van der Waals surface area (Å²) in [6, 6.07) is 5.86. The van der Waals surface area contributed by atoms with Crippen LogP contribution in [0.1, 0.15) is 11.1 Å². The van der Waals surface area contributed by atoms with Crippen molar-refractivity contribution in [2.45, 2.75) is 6.92 Å². The number of piperazine rings is 1. The van der Waals surface area contributed by atoms with Crippen molar-refractivity contribution in [1.82, 2.24) is 14.5 Å². The minimum Gasteiger partial charge on any atom is -0.339 e. The zero-order valence-electron chi connectivity index (χ0n) is 14.5. The molecule has 1 aromatic rings. The summed E-state index contributed by atoms with van der Waals surface area (Å²) >= 11 is 6.08. The van der Waals surface area contributed by atoms with Crippen molar-refractivity contribution < 1.29 is 13.2 Å². The lowest BCUT2D eigenvalue weighted by molar-refractivity contribution is -0.131. The van der Waals surface area contributed by atoms with Crippen LogP contribution in [0.15, 0.2) is 24.3 Å². The number of nitrogens with zero attached hydrogens (tertiary/aromatic N) is 2. The van der Waals surface area contributed by atoms with Crippen molar-refractivity contribution >= 4 is 33.6 Å². The molecule has 1 fully saturated rings. The molecule has 25 heavy (non-hydrogen) atoms. The Bertz CT molecular complexity index is 742. The lowest BCUT2D eigenvalue weighted by atomic mass is 10.1. The molecule has 1 aliphatic rings. The van der Waals surface area contributed by atoms with Gasteiger partial charge in [0.05, 0.1) is 12.8 Å². The van der Waals surface area contributed by atoms with Crippen LogP contribution in [-0.2, 0) is 14.8 Å². The van der Waals surface area contributed by atoms with Crippen LogP contribution in [0.2, 0.25) is 5.02 Å².